The van der Waals surface area contributed by atoms with E-state index in [9.17, 15) is 19.7 Å². The number of aryl methyl sites for hydroxylation is 1. The smallest absolute Gasteiger partial charge is 0.268 e. The lowest BCUT2D eigenvalue weighted by molar-refractivity contribution is -0.385. The Labute approximate surface area is 126 Å². The summed E-state index contributed by atoms with van der Waals surface area (Å²) in [7, 11) is 0. The van der Waals surface area contributed by atoms with Crippen LogP contribution in [-0.2, 0) is 4.79 Å². The van der Waals surface area contributed by atoms with Crippen molar-refractivity contribution < 1.29 is 14.5 Å². The van der Waals surface area contributed by atoms with Crippen LogP contribution in [0.3, 0.4) is 0 Å². The highest BCUT2D eigenvalue weighted by Gasteiger charge is 2.34. The third-order valence-electron chi connectivity index (χ3n) is 3.05. The molecule has 1 saturated heterocycles. The molecule has 1 heterocycles. The van der Waals surface area contributed by atoms with Crippen molar-refractivity contribution in [2.75, 3.05) is 6.54 Å². The van der Waals surface area contributed by atoms with Crippen molar-refractivity contribution in [2.24, 2.45) is 0 Å². The SMILES string of the molecule is CCCN1C(=O)S/C(=C/c2ccc(C)c([N+](=O)[O-])c2)C1=O. The highest BCUT2D eigenvalue weighted by molar-refractivity contribution is 8.18. The first-order valence-electron chi connectivity index (χ1n) is 6.44. The third-order valence-corrected chi connectivity index (χ3v) is 3.96. The van der Waals surface area contributed by atoms with Crippen LogP contribution in [0.25, 0.3) is 6.08 Å². The molecule has 1 aromatic rings. The summed E-state index contributed by atoms with van der Waals surface area (Å²) >= 11 is 0.864. The zero-order valence-electron chi connectivity index (χ0n) is 11.7. The number of rotatable bonds is 4. The van der Waals surface area contributed by atoms with Crippen molar-refractivity contribution in [2.45, 2.75) is 20.3 Å². The molecule has 1 aromatic carbocycles. The van der Waals surface area contributed by atoms with E-state index in [1.54, 1.807) is 19.1 Å². The van der Waals surface area contributed by atoms with Crippen LogP contribution in [0.4, 0.5) is 10.5 Å². The Hall–Kier alpha value is -2.15. The van der Waals surface area contributed by atoms with E-state index >= 15 is 0 Å². The van der Waals surface area contributed by atoms with E-state index in [1.807, 2.05) is 6.92 Å². The first-order valence-corrected chi connectivity index (χ1v) is 7.26. The molecule has 0 radical (unpaired) electrons. The fraction of sp³-hybridized carbons (Fsp3) is 0.286. The Balaban J connectivity index is 2.33. The molecule has 1 aliphatic heterocycles. The predicted octanol–water partition coefficient (Wildman–Crippen LogP) is 3.35. The number of hydrogen-bond acceptors (Lipinski definition) is 5. The highest BCUT2D eigenvalue weighted by Crippen LogP contribution is 2.33. The van der Waals surface area contributed by atoms with Gasteiger partial charge in [-0.05, 0) is 36.7 Å². The predicted molar refractivity (Wildman–Crippen MR) is 80.8 cm³/mol. The lowest BCUT2D eigenvalue weighted by Gasteiger charge is -2.09. The molecule has 0 aromatic heterocycles. The van der Waals surface area contributed by atoms with Crippen molar-refractivity contribution in [1.29, 1.82) is 0 Å². The summed E-state index contributed by atoms with van der Waals surface area (Å²) in [6.45, 7) is 3.92. The number of amides is 2. The Morgan fingerprint density at radius 1 is 1.38 bits per heavy atom. The van der Waals surface area contributed by atoms with Gasteiger partial charge in [0, 0.05) is 18.2 Å². The average molecular weight is 306 g/mol. The van der Waals surface area contributed by atoms with E-state index in [1.165, 1.54) is 17.0 Å². The van der Waals surface area contributed by atoms with Crippen LogP contribution in [-0.4, -0.2) is 27.5 Å². The molecule has 0 atom stereocenters. The monoisotopic (exact) mass is 306 g/mol. The fourth-order valence-electron chi connectivity index (χ4n) is 1.98. The second kappa shape index (κ2) is 6.09. The van der Waals surface area contributed by atoms with Crippen LogP contribution in [0, 0.1) is 17.0 Å². The van der Waals surface area contributed by atoms with Gasteiger partial charge in [0.15, 0.2) is 0 Å². The number of nitro benzene ring substituents is 1. The molecule has 7 heteroatoms. The van der Waals surface area contributed by atoms with Gasteiger partial charge in [-0.1, -0.05) is 19.1 Å². The lowest BCUT2D eigenvalue weighted by Crippen LogP contribution is -2.28. The maximum Gasteiger partial charge on any atom is 0.293 e. The molecule has 0 N–H and O–H groups in total. The van der Waals surface area contributed by atoms with Gasteiger partial charge in [0.05, 0.1) is 9.83 Å². The quantitative estimate of drug-likeness (QED) is 0.484. The van der Waals surface area contributed by atoms with Crippen molar-refractivity contribution in [3.8, 4) is 0 Å². The van der Waals surface area contributed by atoms with E-state index in [2.05, 4.69) is 0 Å². The Kier molecular flexibility index (Phi) is 4.42. The number of benzene rings is 1. The van der Waals surface area contributed by atoms with E-state index in [0.717, 1.165) is 11.8 Å². The molecule has 0 unspecified atom stereocenters. The van der Waals surface area contributed by atoms with Gasteiger partial charge in [0.1, 0.15) is 0 Å². The van der Waals surface area contributed by atoms with Gasteiger partial charge in [-0.15, -0.1) is 0 Å². The van der Waals surface area contributed by atoms with Crippen LogP contribution in [0.2, 0.25) is 0 Å². The Morgan fingerprint density at radius 3 is 2.71 bits per heavy atom. The number of nitrogens with zero attached hydrogens (tertiary/aromatic N) is 2. The standard InChI is InChI=1S/C14H14N2O4S/c1-3-6-15-13(17)12(21-14(15)18)8-10-5-4-9(2)11(7-10)16(19)20/h4-5,7-8H,3,6H2,1-2H3/b12-8+. The second-order valence-corrected chi connectivity index (χ2v) is 5.63. The van der Waals surface area contributed by atoms with Crippen LogP contribution >= 0.6 is 11.8 Å². The summed E-state index contributed by atoms with van der Waals surface area (Å²) in [6, 6.07) is 4.72. The van der Waals surface area contributed by atoms with Crippen molar-refractivity contribution in [3.63, 3.8) is 0 Å². The number of imide groups is 1. The fourth-order valence-corrected chi connectivity index (χ4v) is 2.85. The van der Waals surface area contributed by atoms with E-state index < -0.39 is 4.92 Å². The molecule has 0 spiro atoms. The van der Waals surface area contributed by atoms with Gasteiger partial charge in [-0.3, -0.25) is 24.6 Å². The van der Waals surface area contributed by atoms with Gasteiger partial charge in [0.2, 0.25) is 0 Å². The minimum absolute atomic E-state index is 0.00321. The van der Waals surface area contributed by atoms with E-state index in [4.69, 9.17) is 0 Å². The summed E-state index contributed by atoms with van der Waals surface area (Å²) in [5.74, 6) is -0.338. The zero-order chi connectivity index (χ0) is 15.6. The minimum atomic E-state index is -0.463. The van der Waals surface area contributed by atoms with Gasteiger partial charge in [0.25, 0.3) is 16.8 Å². The molecule has 1 fully saturated rings. The van der Waals surface area contributed by atoms with Gasteiger partial charge in [-0.25, -0.2) is 0 Å². The summed E-state index contributed by atoms with van der Waals surface area (Å²) < 4.78 is 0. The summed E-state index contributed by atoms with van der Waals surface area (Å²) in [6.07, 6.45) is 2.22. The molecular weight excluding hydrogens is 292 g/mol. The maximum atomic E-state index is 12.1. The summed E-state index contributed by atoms with van der Waals surface area (Å²) in [5.41, 5.74) is 1.09. The molecular formula is C14H14N2O4S. The van der Waals surface area contributed by atoms with Crippen molar-refractivity contribution in [1.82, 2.24) is 4.90 Å². The molecule has 0 bridgehead atoms. The maximum absolute atomic E-state index is 12.1. The first-order chi connectivity index (χ1) is 9.93. The van der Waals surface area contributed by atoms with Gasteiger partial charge >= 0.3 is 0 Å². The van der Waals surface area contributed by atoms with Gasteiger partial charge in [-0.2, -0.15) is 0 Å². The highest BCUT2D eigenvalue weighted by atomic mass is 32.2. The van der Waals surface area contributed by atoms with Crippen molar-refractivity contribution in [3.05, 3.63) is 44.3 Å². The van der Waals surface area contributed by atoms with Crippen LogP contribution < -0.4 is 0 Å². The molecule has 110 valence electrons. The molecule has 0 saturated carbocycles. The normalized spacial score (nSPS) is 16.9. The Morgan fingerprint density at radius 2 is 2.10 bits per heavy atom. The number of thioether (sulfide) groups is 1. The molecule has 6 nitrogen and oxygen atoms in total. The summed E-state index contributed by atoms with van der Waals surface area (Å²) in [5, 5.41) is 10.6. The van der Waals surface area contributed by atoms with Crippen LogP contribution in [0.1, 0.15) is 24.5 Å². The average Bonchev–Trinajstić information content (AvgIpc) is 2.69. The molecule has 21 heavy (non-hydrogen) atoms. The Bertz CT molecular complexity index is 654. The first kappa shape index (κ1) is 15.2. The third kappa shape index (κ3) is 3.13. The molecule has 2 amide bonds. The lowest BCUT2D eigenvalue weighted by atomic mass is 10.1. The topological polar surface area (TPSA) is 80.5 Å². The molecule has 0 aliphatic carbocycles. The molecule has 2 rings (SSSR count). The van der Waals surface area contributed by atoms with Gasteiger partial charge < -0.3 is 0 Å². The molecule has 1 aliphatic rings. The second-order valence-electron chi connectivity index (χ2n) is 4.64. The van der Waals surface area contributed by atoms with Crippen molar-refractivity contribution >= 4 is 34.7 Å². The summed E-state index contributed by atoms with van der Waals surface area (Å²) in [4.78, 5) is 35.7. The zero-order valence-corrected chi connectivity index (χ0v) is 12.5. The largest absolute Gasteiger partial charge is 0.293 e. The van der Waals surface area contributed by atoms with Crippen LogP contribution in [0.15, 0.2) is 23.1 Å². The van der Waals surface area contributed by atoms with E-state index in [-0.39, 0.29) is 16.8 Å². The van der Waals surface area contributed by atoms with Crippen LogP contribution in [0.5, 0.6) is 0 Å². The number of hydrogen-bond donors (Lipinski definition) is 0. The number of carbonyl (C=O) groups is 2. The number of nitro groups is 1. The minimum Gasteiger partial charge on any atom is -0.268 e. The van der Waals surface area contributed by atoms with E-state index in [0.29, 0.717) is 29.0 Å². The number of carbonyl (C=O) groups excluding carboxylic acids is 2.